The Balaban J connectivity index is 4.16. The molecule has 0 radical (unpaired) electrons. The van der Waals surface area contributed by atoms with E-state index in [9.17, 15) is 9.59 Å². The lowest BCUT2D eigenvalue weighted by Crippen LogP contribution is -2.32. The van der Waals surface area contributed by atoms with Crippen molar-refractivity contribution in [3.63, 3.8) is 0 Å². The molecule has 0 aliphatic rings. The van der Waals surface area contributed by atoms with Gasteiger partial charge in [0.2, 0.25) is 12.0 Å². The van der Waals surface area contributed by atoms with Crippen LogP contribution in [-0.4, -0.2) is 36.5 Å². The molecule has 70 valence electrons. The summed E-state index contributed by atoms with van der Waals surface area (Å²) in [6.07, 6.45) is 4.52. The largest absolute Gasteiger partial charge is 0.334 e. The molecule has 4 heteroatoms. The monoisotopic (exact) mass is 180 g/mol. The summed E-state index contributed by atoms with van der Waals surface area (Å²) < 4.78 is 0. The Labute approximate surface area is 77.3 Å². The van der Waals surface area contributed by atoms with E-state index in [1.54, 1.807) is 12.2 Å². The molecule has 0 spiro atoms. The summed E-state index contributed by atoms with van der Waals surface area (Å²) in [5.41, 5.74) is 0. The van der Waals surface area contributed by atoms with Crippen molar-refractivity contribution >= 4 is 12.0 Å². The van der Waals surface area contributed by atoms with Crippen molar-refractivity contribution < 1.29 is 9.59 Å². The maximum absolute atomic E-state index is 11.2. The molecule has 0 saturated heterocycles. The minimum Gasteiger partial charge on any atom is -0.334 e. The zero-order valence-electron chi connectivity index (χ0n) is 7.40. The van der Waals surface area contributed by atoms with Crippen LogP contribution in [0, 0.1) is 0 Å². The van der Waals surface area contributed by atoms with Gasteiger partial charge in [-0.15, -0.1) is 13.2 Å². The van der Waals surface area contributed by atoms with Crippen LogP contribution >= 0.6 is 0 Å². The summed E-state index contributed by atoms with van der Waals surface area (Å²) in [7, 11) is 0. The van der Waals surface area contributed by atoms with E-state index in [1.165, 1.54) is 11.0 Å². The van der Waals surface area contributed by atoms with Crippen LogP contribution in [0.1, 0.15) is 0 Å². The number of rotatable bonds is 6. The number of carbonyl (C=O) groups is 1. The van der Waals surface area contributed by atoms with E-state index in [1.807, 2.05) is 0 Å². The van der Waals surface area contributed by atoms with Gasteiger partial charge in [-0.3, -0.25) is 4.79 Å². The van der Waals surface area contributed by atoms with Crippen molar-refractivity contribution in [2.45, 2.75) is 0 Å². The van der Waals surface area contributed by atoms with Gasteiger partial charge in [-0.05, 0) is 0 Å². The van der Waals surface area contributed by atoms with Crippen molar-refractivity contribution in [3.05, 3.63) is 25.3 Å². The zero-order chi connectivity index (χ0) is 10.1. The molecule has 1 amide bonds. The minimum atomic E-state index is -0.233. The molecule has 0 unspecified atom stereocenters. The summed E-state index contributed by atoms with van der Waals surface area (Å²) in [6, 6.07) is 0. The first-order valence-corrected chi connectivity index (χ1v) is 3.79. The average Bonchev–Trinajstić information content (AvgIpc) is 2.14. The van der Waals surface area contributed by atoms with Crippen molar-refractivity contribution in [2.24, 2.45) is 4.99 Å². The number of amides is 1. The van der Waals surface area contributed by atoms with Crippen LogP contribution in [-0.2, 0) is 9.59 Å². The zero-order valence-corrected chi connectivity index (χ0v) is 7.40. The van der Waals surface area contributed by atoms with Gasteiger partial charge in [-0.25, -0.2) is 4.79 Å². The molecule has 0 aromatic carbocycles. The van der Waals surface area contributed by atoms with E-state index in [2.05, 4.69) is 18.2 Å². The molecule has 0 aliphatic carbocycles. The number of aliphatic imine (C=N–C) groups is 1. The summed E-state index contributed by atoms with van der Waals surface area (Å²) >= 11 is 0. The highest BCUT2D eigenvalue weighted by atomic mass is 16.2. The van der Waals surface area contributed by atoms with Crippen LogP contribution in [0.2, 0.25) is 0 Å². The van der Waals surface area contributed by atoms with E-state index >= 15 is 0 Å². The lowest BCUT2D eigenvalue weighted by Gasteiger charge is -2.17. The van der Waals surface area contributed by atoms with Crippen LogP contribution in [0.3, 0.4) is 0 Å². The molecule has 4 nitrogen and oxygen atoms in total. The van der Waals surface area contributed by atoms with Gasteiger partial charge in [0.05, 0.1) is 0 Å². The van der Waals surface area contributed by atoms with Crippen LogP contribution in [0.15, 0.2) is 30.3 Å². The Kier molecular flexibility index (Phi) is 6.11. The van der Waals surface area contributed by atoms with Crippen LogP contribution in [0.25, 0.3) is 0 Å². The smallest absolute Gasteiger partial charge is 0.245 e. The second-order valence-corrected chi connectivity index (χ2v) is 2.28. The normalized spacial score (nSPS) is 8.31. The van der Waals surface area contributed by atoms with Gasteiger partial charge in [0, 0.05) is 13.1 Å². The van der Waals surface area contributed by atoms with Crippen molar-refractivity contribution in [1.29, 1.82) is 0 Å². The Morgan fingerprint density at radius 2 is 1.92 bits per heavy atom. The van der Waals surface area contributed by atoms with E-state index in [0.29, 0.717) is 13.1 Å². The summed E-state index contributed by atoms with van der Waals surface area (Å²) in [5.74, 6) is -0.233. The number of hydrogen-bond acceptors (Lipinski definition) is 3. The molecule has 0 aromatic rings. The highest BCUT2D eigenvalue weighted by Gasteiger charge is 2.08. The van der Waals surface area contributed by atoms with E-state index in [-0.39, 0.29) is 12.5 Å². The van der Waals surface area contributed by atoms with Crippen molar-refractivity contribution in [3.8, 4) is 0 Å². The van der Waals surface area contributed by atoms with Crippen LogP contribution in [0.4, 0.5) is 0 Å². The lowest BCUT2D eigenvalue weighted by molar-refractivity contribution is -0.128. The molecule has 0 heterocycles. The molecular weight excluding hydrogens is 168 g/mol. The second-order valence-electron chi connectivity index (χ2n) is 2.28. The van der Waals surface area contributed by atoms with Crippen molar-refractivity contribution in [2.75, 3.05) is 19.6 Å². The van der Waals surface area contributed by atoms with Crippen LogP contribution in [0.5, 0.6) is 0 Å². The number of nitrogens with zero attached hydrogens (tertiary/aromatic N) is 2. The molecule has 0 rings (SSSR count). The highest BCUT2D eigenvalue weighted by Crippen LogP contribution is 1.91. The fraction of sp³-hybridized carbons (Fsp3) is 0.333. The Morgan fingerprint density at radius 1 is 1.38 bits per heavy atom. The molecule has 0 aromatic heterocycles. The van der Waals surface area contributed by atoms with E-state index in [0.717, 1.165) is 0 Å². The highest BCUT2D eigenvalue weighted by molar-refractivity contribution is 5.79. The van der Waals surface area contributed by atoms with Gasteiger partial charge in [0.1, 0.15) is 6.54 Å². The fourth-order valence-corrected chi connectivity index (χ4v) is 0.790. The van der Waals surface area contributed by atoms with Gasteiger partial charge in [0.25, 0.3) is 0 Å². The SMILES string of the molecule is C=CCN(CC=C)C(=O)CN=C=O. The lowest BCUT2D eigenvalue weighted by atomic mass is 10.4. The van der Waals surface area contributed by atoms with Gasteiger partial charge >= 0.3 is 0 Å². The molecule has 0 bridgehead atoms. The molecule has 0 aliphatic heterocycles. The summed E-state index contributed by atoms with van der Waals surface area (Å²) in [5, 5.41) is 0. The third-order valence-corrected chi connectivity index (χ3v) is 1.33. The summed E-state index contributed by atoms with van der Waals surface area (Å²) in [4.78, 5) is 25.7. The molecular formula is C9H12N2O2. The van der Waals surface area contributed by atoms with E-state index in [4.69, 9.17) is 0 Å². The Morgan fingerprint density at radius 3 is 2.31 bits per heavy atom. The standard InChI is InChI=1S/C9H12N2O2/c1-3-5-11(6-4-2)9(13)7-10-8-12/h3-4H,1-2,5-7H2. The Hall–Kier alpha value is -1.67. The maximum atomic E-state index is 11.2. The third-order valence-electron chi connectivity index (χ3n) is 1.33. The number of carbonyl (C=O) groups excluding carboxylic acids is 2. The van der Waals surface area contributed by atoms with Gasteiger partial charge in [-0.2, -0.15) is 4.99 Å². The minimum absolute atomic E-state index is 0.162. The number of isocyanates is 1. The fourth-order valence-electron chi connectivity index (χ4n) is 0.790. The van der Waals surface area contributed by atoms with Gasteiger partial charge < -0.3 is 4.90 Å². The topological polar surface area (TPSA) is 49.7 Å². The van der Waals surface area contributed by atoms with Crippen molar-refractivity contribution in [1.82, 2.24) is 4.90 Å². The third kappa shape index (κ3) is 4.71. The Bertz CT molecular complexity index is 232. The predicted molar refractivity (Wildman–Crippen MR) is 50.0 cm³/mol. The first kappa shape index (κ1) is 11.3. The van der Waals surface area contributed by atoms with Crippen LogP contribution < -0.4 is 0 Å². The summed E-state index contributed by atoms with van der Waals surface area (Å²) in [6.45, 7) is 7.72. The van der Waals surface area contributed by atoms with Gasteiger partial charge in [-0.1, -0.05) is 12.2 Å². The predicted octanol–water partition coefficient (Wildman–Crippen LogP) is 0.523. The average molecular weight is 180 g/mol. The molecule has 13 heavy (non-hydrogen) atoms. The maximum Gasteiger partial charge on any atom is 0.245 e. The first-order valence-electron chi connectivity index (χ1n) is 3.79. The quantitative estimate of drug-likeness (QED) is 0.340. The first-order chi connectivity index (χ1) is 6.26. The second kappa shape index (κ2) is 7.00. The van der Waals surface area contributed by atoms with E-state index < -0.39 is 0 Å². The molecule has 0 atom stereocenters. The number of hydrogen-bond donors (Lipinski definition) is 0. The molecule has 0 N–H and O–H groups in total. The van der Waals surface area contributed by atoms with Gasteiger partial charge in [0.15, 0.2) is 0 Å². The molecule has 0 saturated carbocycles. The molecule has 0 fully saturated rings.